The van der Waals surface area contributed by atoms with Crippen LogP contribution in [0.5, 0.6) is 0 Å². The average molecular weight is 618 g/mol. The van der Waals surface area contributed by atoms with Gasteiger partial charge in [0.05, 0.1) is 5.56 Å². The molecule has 4 rings (SSSR count). The van der Waals surface area contributed by atoms with Crippen LogP contribution in [0.3, 0.4) is 0 Å². The number of thioether (sulfide) groups is 1. The summed E-state index contributed by atoms with van der Waals surface area (Å²) < 4.78 is 40.0. The van der Waals surface area contributed by atoms with Gasteiger partial charge in [-0.25, -0.2) is 0 Å². The van der Waals surface area contributed by atoms with Gasteiger partial charge in [-0.05, 0) is 64.8 Å². The van der Waals surface area contributed by atoms with Gasteiger partial charge in [0.1, 0.15) is 11.7 Å². The number of alkyl halides is 3. The second-order valence-corrected chi connectivity index (χ2v) is 10.9. The van der Waals surface area contributed by atoms with Gasteiger partial charge in [0.15, 0.2) is 0 Å². The molecule has 44 heavy (non-hydrogen) atoms. The Bertz CT molecular complexity index is 1610. The van der Waals surface area contributed by atoms with Crippen LogP contribution in [0.4, 0.5) is 13.2 Å². The zero-order valence-corrected chi connectivity index (χ0v) is 24.3. The zero-order valence-electron chi connectivity index (χ0n) is 23.5. The van der Waals surface area contributed by atoms with Crippen molar-refractivity contribution in [3.05, 3.63) is 137 Å². The number of carbonyl (C=O) groups is 3. The van der Waals surface area contributed by atoms with Gasteiger partial charge in [-0.15, -0.1) is 0 Å². The van der Waals surface area contributed by atoms with E-state index in [4.69, 9.17) is 5.73 Å². The molecule has 0 aliphatic heterocycles. The van der Waals surface area contributed by atoms with Crippen LogP contribution in [0, 0.1) is 0 Å². The number of benzene rings is 4. The maximum Gasteiger partial charge on any atom is 0.416 e. The van der Waals surface area contributed by atoms with Gasteiger partial charge in [-0.2, -0.15) is 24.9 Å². The second-order valence-electron chi connectivity index (χ2n) is 9.83. The third-order valence-corrected chi connectivity index (χ3v) is 7.65. The predicted molar refractivity (Wildman–Crippen MR) is 167 cm³/mol. The number of halogens is 3. The minimum atomic E-state index is -4.61. The van der Waals surface area contributed by atoms with Crippen molar-refractivity contribution in [1.82, 2.24) is 10.6 Å². The van der Waals surface area contributed by atoms with E-state index in [0.29, 0.717) is 11.5 Å². The molecule has 10 heteroatoms. The number of rotatable bonds is 12. The van der Waals surface area contributed by atoms with Crippen LogP contribution in [0.25, 0.3) is 17.2 Å². The maximum atomic E-state index is 13.4. The normalized spacial score (nSPS) is 12.3. The van der Waals surface area contributed by atoms with Crippen molar-refractivity contribution in [2.24, 2.45) is 5.73 Å². The molecule has 226 valence electrons. The van der Waals surface area contributed by atoms with E-state index in [1.807, 2.05) is 60.7 Å². The van der Waals surface area contributed by atoms with Crippen molar-refractivity contribution in [3.8, 4) is 11.1 Å². The standard InChI is InChI=1S/C34H30F3N3O3S/c35-34(36,37)28-13-7-10-24(20-28)21-30(40-32(42)27-16-14-26(15-17-27)25-11-5-2-6-12-25)33(43)39-29(31(38)41)18-19-44-22-23-8-3-1-4-9-23/h1-17,20-21,29H,18-19,22H2,(H2,38,41)(H,39,43)(H,40,42)/b30-21+. The van der Waals surface area contributed by atoms with Crippen LogP contribution >= 0.6 is 11.8 Å². The highest BCUT2D eigenvalue weighted by Crippen LogP contribution is 2.30. The third kappa shape index (κ3) is 9.34. The molecule has 0 saturated heterocycles. The summed E-state index contributed by atoms with van der Waals surface area (Å²) in [7, 11) is 0. The molecule has 4 N–H and O–H groups in total. The van der Waals surface area contributed by atoms with E-state index in [9.17, 15) is 27.6 Å². The third-order valence-electron chi connectivity index (χ3n) is 6.58. The van der Waals surface area contributed by atoms with Gasteiger partial charge in [0.25, 0.3) is 11.8 Å². The molecule has 3 amide bonds. The smallest absolute Gasteiger partial charge is 0.368 e. The molecule has 4 aromatic rings. The summed E-state index contributed by atoms with van der Waals surface area (Å²) in [4.78, 5) is 38.7. The Morgan fingerprint density at radius 3 is 2.09 bits per heavy atom. The quantitative estimate of drug-likeness (QED) is 0.126. The van der Waals surface area contributed by atoms with E-state index in [1.165, 1.54) is 12.1 Å². The molecular formula is C34H30F3N3O3S. The molecule has 0 saturated carbocycles. The molecule has 0 aromatic heterocycles. The van der Waals surface area contributed by atoms with Gasteiger partial charge in [0.2, 0.25) is 5.91 Å². The Morgan fingerprint density at radius 1 is 0.818 bits per heavy atom. The van der Waals surface area contributed by atoms with Gasteiger partial charge in [-0.3, -0.25) is 14.4 Å². The fourth-order valence-electron chi connectivity index (χ4n) is 4.26. The van der Waals surface area contributed by atoms with E-state index in [0.717, 1.165) is 34.9 Å². The Labute approximate surface area is 257 Å². The topological polar surface area (TPSA) is 101 Å². The molecule has 6 nitrogen and oxygen atoms in total. The van der Waals surface area contributed by atoms with Gasteiger partial charge in [0, 0.05) is 11.3 Å². The van der Waals surface area contributed by atoms with Crippen molar-refractivity contribution in [1.29, 1.82) is 0 Å². The SMILES string of the molecule is NC(=O)C(CCSCc1ccccc1)NC(=O)/C(=C\c1cccc(C(F)(F)F)c1)NC(=O)c1ccc(-c2ccccc2)cc1. The molecule has 1 unspecified atom stereocenters. The molecule has 0 aliphatic rings. The van der Waals surface area contributed by atoms with Crippen LogP contribution in [-0.4, -0.2) is 29.5 Å². The van der Waals surface area contributed by atoms with Crippen LogP contribution in [0.2, 0.25) is 0 Å². The fraction of sp³-hybridized carbons (Fsp3) is 0.147. The monoisotopic (exact) mass is 617 g/mol. The zero-order chi connectivity index (χ0) is 31.5. The summed E-state index contributed by atoms with van der Waals surface area (Å²) >= 11 is 1.55. The number of primary amides is 1. The average Bonchev–Trinajstić information content (AvgIpc) is 3.02. The Balaban J connectivity index is 1.52. The van der Waals surface area contributed by atoms with Crippen molar-refractivity contribution in [3.63, 3.8) is 0 Å². The summed E-state index contributed by atoms with van der Waals surface area (Å²) in [5, 5.41) is 5.04. The molecule has 1 atom stereocenters. The van der Waals surface area contributed by atoms with E-state index in [2.05, 4.69) is 10.6 Å². The molecule has 0 spiro atoms. The highest BCUT2D eigenvalue weighted by atomic mass is 32.2. The first-order chi connectivity index (χ1) is 21.1. The number of hydrogen-bond donors (Lipinski definition) is 3. The van der Waals surface area contributed by atoms with Crippen molar-refractivity contribution >= 4 is 35.6 Å². The number of nitrogens with one attached hydrogen (secondary N) is 2. The molecule has 0 aliphatic carbocycles. The highest BCUT2D eigenvalue weighted by Gasteiger charge is 2.30. The first-order valence-electron chi connectivity index (χ1n) is 13.7. The largest absolute Gasteiger partial charge is 0.416 e. The summed E-state index contributed by atoms with van der Waals surface area (Å²) in [6.45, 7) is 0. The van der Waals surface area contributed by atoms with E-state index < -0.39 is 35.5 Å². The van der Waals surface area contributed by atoms with E-state index >= 15 is 0 Å². The number of nitrogens with two attached hydrogens (primary N) is 1. The van der Waals surface area contributed by atoms with Gasteiger partial charge in [-0.1, -0.05) is 84.9 Å². The van der Waals surface area contributed by atoms with Crippen molar-refractivity contribution in [2.75, 3.05) is 5.75 Å². The highest BCUT2D eigenvalue weighted by molar-refractivity contribution is 7.98. The second kappa shape index (κ2) is 15.1. The Morgan fingerprint density at radius 2 is 1.45 bits per heavy atom. The Kier molecular flexibility index (Phi) is 11.0. The van der Waals surface area contributed by atoms with Crippen molar-refractivity contribution in [2.45, 2.75) is 24.4 Å². The number of carbonyl (C=O) groups excluding carboxylic acids is 3. The lowest BCUT2D eigenvalue weighted by Gasteiger charge is -2.18. The maximum absolute atomic E-state index is 13.4. The van der Waals surface area contributed by atoms with Crippen LogP contribution in [0.1, 0.15) is 33.5 Å². The summed E-state index contributed by atoms with van der Waals surface area (Å²) in [6.07, 6.45) is -3.27. The molecule has 0 fully saturated rings. The molecule has 0 radical (unpaired) electrons. The molecular weight excluding hydrogens is 587 g/mol. The fourth-order valence-corrected chi connectivity index (χ4v) is 5.23. The van der Waals surface area contributed by atoms with Gasteiger partial charge < -0.3 is 16.4 Å². The summed E-state index contributed by atoms with van der Waals surface area (Å²) in [5.74, 6) is -1.11. The molecule has 4 aromatic carbocycles. The lowest BCUT2D eigenvalue weighted by atomic mass is 10.0. The van der Waals surface area contributed by atoms with E-state index in [-0.39, 0.29) is 23.2 Å². The van der Waals surface area contributed by atoms with Crippen LogP contribution in [-0.2, 0) is 21.5 Å². The molecule has 0 heterocycles. The summed E-state index contributed by atoms with van der Waals surface area (Å²) in [5.41, 5.74) is 7.46. The minimum absolute atomic E-state index is 0.0266. The molecule has 0 bridgehead atoms. The first-order valence-corrected chi connectivity index (χ1v) is 14.8. The summed E-state index contributed by atoms with van der Waals surface area (Å²) in [6, 6.07) is 29.1. The van der Waals surface area contributed by atoms with Gasteiger partial charge >= 0.3 is 6.18 Å². The van der Waals surface area contributed by atoms with Crippen LogP contribution < -0.4 is 16.4 Å². The number of hydrogen-bond acceptors (Lipinski definition) is 4. The number of amides is 3. The van der Waals surface area contributed by atoms with E-state index in [1.54, 1.807) is 36.0 Å². The van der Waals surface area contributed by atoms with Crippen molar-refractivity contribution < 1.29 is 27.6 Å². The van der Waals surface area contributed by atoms with Crippen LogP contribution in [0.15, 0.2) is 115 Å². The minimum Gasteiger partial charge on any atom is -0.368 e. The lowest BCUT2D eigenvalue weighted by Crippen LogP contribution is -2.47. The Hall–Kier alpha value is -4.83. The lowest BCUT2D eigenvalue weighted by molar-refractivity contribution is -0.137. The predicted octanol–water partition coefficient (Wildman–Crippen LogP) is 6.44. The first kappa shape index (κ1) is 32.1.